The second-order valence-electron chi connectivity index (χ2n) is 2.56. The summed E-state index contributed by atoms with van der Waals surface area (Å²) in [6.07, 6.45) is 1.82. The zero-order valence-corrected chi connectivity index (χ0v) is 6.41. The van der Waals surface area contributed by atoms with Crippen LogP contribution in [0, 0.1) is 0 Å². The molecule has 52 valence electrons. The summed E-state index contributed by atoms with van der Waals surface area (Å²) in [5.74, 6) is 2.01. The van der Waals surface area contributed by atoms with Gasteiger partial charge < -0.3 is 0 Å². The molecule has 0 aliphatic carbocycles. The molecule has 3 heteroatoms. The molecule has 10 heavy (non-hydrogen) atoms. The first-order valence-corrected chi connectivity index (χ1v) is 3.33. The van der Waals surface area contributed by atoms with Crippen LogP contribution in [0.15, 0.2) is 18.2 Å². The van der Waals surface area contributed by atoms with E-state index in [0.717, 1.165) is 12.1 Å². The van der Waals surface area contributed by atoms with Gasteiger partial charge in [0, 0.05) is 0 Å². The number of rotatable bonds is 2. The van der Waals surface area contributed by atoms with Crippen LogP contribution in [0.5, 0.6) is 0 Å². The first kappa shape index (κ1) is 7.41. The molecule has 0 N–H and O–H groups in total. The molecule has 0 bridgehead atoms. The Morgan fingerprint density at radius 2 is 2.40 bits per heavy atom. The van der Waals surface area contributed by atoms with Crippen LogP contribution < -0.4 is 0 Å². The Hall–Kier alpha value is -0.695. The van der Waals surface area contributed by atoms with E-state index in [2.05, 4.69) is 9.88 Å². The Morgan fingerprint density at radius 1 is 1.60 bits per heavy atom. The van der Waals surface area contributed by atoms with Crippen LogP contribution in [-0.4, -0.2) is 30.9 Å². The second kappa shape index (κ2) is 3.47. The summed E-state index contributed by atoms with van der Waals surface area (Å²) < 4.78 is 0. The van der Waals surface area contributed by atoms with Crippen LogP contribution in [-0.2, 0) is 6.54 Å². The Labute approximate surface area is 62.1 Å². The van der Waals surface area contributed by atoms with Crippen molar-refractivity contribution >= 4 is 6.91 Å². The van der Waals surface area contributed by atoms with E-state index in [-0.39, 0.29) is 0 Å². The van der Waals surface area contributed by atoms with Gasteiger partial charge in [-0.3, -0.25) is 0 Å². The molecular formula is C7H11BN2. The maximum absolute atomic E-state index is 4.18. The van der Waals surface area contributed by atoms with Gasteiger partial charge in [-0.2, -0.15) is 0 Å². The van der Waals surface area contributed by atoms with Crippen molar-refractivity contribution < 1.29 is 0 Å². The van der Waals surface area contributed by atoms with Gasteiger partial charge in [-0.1, -0.05) is 0 Å². The Morgan fingerprint density at radius 3 is 2.90 bits per heavy atom. The molecule has 1 heterocycles. The summed E-state index contributed by atoms with van der Waals surface area (Å²) >= 11 is 0. The van der Waals surface area contributed by atoms with Crippen molar-refractivity contribution in [2.75, 3.05) is 14.1 Å². The van der Waals surface area contributed by atoms with E-state index in [1.54, 1.807) is 0 Å². The van der Waals surface area contributed by atoms with Gasteiger partial charge in [-0.15, -0.1) is 0 Å². The minimum absolute atomic E-state index is 0.918. The van der Waals surface area contributed by atoms with E-state index in [1.165, 1.54) is 0 Å². The van der Waals surface area contributed by atoms with Gasteiger partial charge in [0.1, 0.15) is 0 Å². The van der Waals surface area contributed by atoms with E-state index in [4.69, 9.17) is 0 Å². The summed E-state index contributed by atoms with van der Waals surface area (Å²) in [7, 11) is 4.07. The third-order valence-corrected chi connectivity index (χ3v) is 1.20. The number of nitrogens with zero attached hydrogens (tertiary/aromatic N) is 2. The molecule has 1 aromatic rings. The van der Waals surface area contributed by atoms with E-state index in [0.29, 0.717) is 0 Å². The number of hydrogen-bond acceptors (Lipinski definition) is 2. The zero-order valence-electron chi connectivity index (χ0n) is 6.41. The van der Waals surface area contributed by atoms with Crippen molar-refractivity contribution in [3.63, 3.8) is 0 Å². The van der Waals surface area contributed by atoms with Crippen LogP contribution >= 0.6 is 0 Å². The Balaban J connectivity index is 2.59. The van der Waals surface area contributed by atoms with E-state index in [1.807, 2.05) is 39.2 Å². The predicted molar refractivity (Wildman–Crippen MR) is 43.0 cm³/mol. The quantitative estimate of drug-likeness (QED) is 0.584. The summed E-state index contributed by atoms with van der Waals surface area (Å²) in [5.41, 5.74) is 1.12. The Bertz CT molecular complexity index is 186. The van der Waals surface area contributed by atoms with Crippen molar-refractivity contribution in [3.05, 3.63) is 23.8 Å². The van der Waals surface area contributed by atoms with E-state index in [9.17, 15) is 0 Å². The third-order valence-electron chi connectivity index (χ3n) is 1.20. The number of hydrogen-bond donors (Lipinski definition) is 0. The molecular weight excluding hydrogens is 123 g/mol. The summed E-state index contributed by atoms with van der Waals surface area (Å²) in [4.78, 5) is 6.28. The van der Waals surface area contributed by atoms with Gasteiger partial charge in [0.05, 0.1) is 0 Å². The molecule has 0 saturated carbocycles. The van der Waals surface area contributed by atoms with E-state index >= 15 is 0 Å². The molecule has 2 nitrogen and oxygen atoms in total. The maximum atomic E-state index is 4.18. The summed E-state index contributed by atoms with van der Waals surface area (Å²) in [6, 6.07) is 1.93. The fraction of sp³-hybridized carbons (Fsp3) is 0.429. The van der Waals surface area contributed by atoms with Crippen LogP contribution in [0.25, 0.3) is 0 Å². The molecule has 0 aliphatic heterocycles. The van der Waals surface area contributed by atoms with Crippen LogP contribution in [0.2, 0.25) is 0 Å². The molecule has 0 spiro atoms. The van der Waals surface area contributed by atoms with Crippen molar-refractivity contribution in [1.29, 1.82) is 0 Å². The number of aromatic nitrogens is 1. The molecule has 0 fully saturated rings. The van der Waals surface area contributed by atoms with Gasteiger partial charge in [-0.25, -0.2) is 0 Å². The van der Waals surface area contributed by atoms with Gasteiger partial charge >= 0.3 is 61.2 Å². The standard InChI is InChI=1S/C7H11BN2/c1-10(2)6-7-8-4-3-5-9-7/h3-5H,6H2,1-2H3. The first-order chi connectivity index (χ1) is 4.79. The summed E-state index contributed by atoms with van der Waals surface area (Å²) in [6.45, 7) is 2.95. The molecule has 0 saturated heterocycles. The van der Waals surface area contributed by atoms with Crippen molar-refractivity contribution in [2.24, 2.45) is 0 Å². The second-order valence-corrected chi connectivity index (χ2v) is 2.56. The molecule has 0 amide bonds. The van der Waals surface area contributed by atoms with Crippen molar-refractivity contribution in [2.45, 2.75) is 6.54 Å². The van der Waals surface area contributed by atoms with Gasteiger partial charge in [0.15, 0.2) is 0 Å². The molecule has 1 rings (SSSR count). The van der Waals surface area contributed by atoms with Crippen LogP contribution in [0.4, 0.5) is 0 Å². The monoisotopic (exact) mass is 134 g/mol. The van der Waals surface area contributed by atoms with Crippen molar-refractivity contribution in [1.82, 2.24) is 9.88 Å². The average molecular weight is 134 g/mol. The summed E-state index contributed by atoms with van der Waals surface area (Å²) in [5, 5.41) is 0. The van der Waals surface area contributed by atoms with Crippen LogP contribution in [0.1, 0.15) is 5.59 Å². The molecule has 0 unspecified atom stereocenters. The normalized spacial score (nSPS) is 9.90. The third kappa shape index (κ3) is 2.27. The van der Waals surface area contributed by atoms with Gasteiger partial charge in [0.25, 0.3) is 0 Å². The fourth-order valence-corrected chi connectivity index (χ4v) is 0.816. The molecule has 0 atom stereocenters. The van der Waals surface area contributed by atoms with Crippen LogP contribution in [0.3, 0.4) is 0 Å². The Kier molecular flexibility index (Phi) is 2.57. The van der Waals surface area contributed by atoms with Gasteiger partial charge in [0.2, 0.25) is 0 Å². The predicted octanol–water partition coefficient (Wildman–Crippen LogP) is 0.481. The van der Waals surface area contributed by atoms with Gasteiger partial charge in [-0.05, 0) is 0 Å². The minimum atomic E-state index is 0.918. The molecule has 0 aliphatic rings. The zero-order chi connectivity index (χ0) is 7.40. The molecule has 1 aromatic heterocycles. The molecule has 0 aromatic carbocycles. The van der Waals surface area contributed by atoms with E-state index < -0.39 is 0 Å². The first-order valence-electron chi connectivity index (χ1n) is 3.33. The topological polar surface area (TPSA) is 16.1 Å². The molecule has 0 radical (unpaired) electrons. The average Bonchev–Trinajstić information content (AvgIpc) is 1.88. The SMILES string of the molecule is CN(C)Cc1bcccn1. The van der Waals surface area contributed by atoms with Crippen molar-refractivity contribution in [3.8, 4) is 0 Å². The fourth-order valence-electron chi connectivity index (χ4n) is 0.816.